The number of methoxy groups -OCH3 is 1. The fraction of sp³-hybridized carbons (Fsp3) is 0.450. The van der Waals surface area contributed by atoms with Crippen LogP contribution in [0.4, 0.5) is 4.79 Å². The van der Waals surface area contributed by atoms with E-state index < -0.39 is 11.1 Å². The monoisotopic (exact) mass is 404 g/mol. The van der Waals surface area contributed by atoms with E-state index in [-0.39, 0.29) is 30.0 Å². The highest BCUT2D eigenvalue weighted by molar-refractivity contribution is 8.18. The summed E-state index contributed by atoms with van der Waals surface area (Å²) in [6.07, 6.45) is 4.87. The lowest BCUT2D eigenvalue weighted by Crippen LogP contribution is -2.49. The highest BCUT2D eigenvalue weighted by Gasteiger charge is 2.38. The lowest BCUT2D eigenvalue weighted by molar-refractivity contribution is -0.139. The third-order valence-corrected chi connectivity index (χ3v) is 5.91. The molecule has 0 saturated carbocycles. The van der Waals surface area contributed by atoms with E-state index in [0.29, 0.717) is 24.3 Å². The molecule has 2 fully saturated rings. The molecule has 0 spiro atoms. The number of imide groups is 1. The number of carbonyl (C=O) groups excluding carboxylic acids is 3. The first-order valence-corrected chi connectivity index (χ1v) is 10.2. The van der Waals surface area contributed by atoms with Gasteiger partial charge in [0.15, 0.2) is 0 Å². The zero-order valence-electron chi connectivity index (χ0n) is 15.8. The Hall–Kier alpha value is -2.32. The second-order valence-electron chi connectivity index (χ2n) is 6.76. The Kier molecular flexibility index (Phi) is 6.74. The maximum absolute atomic E-state index is 12.7. The zero-order chi connectivity index (χ0) is 20.1. The highest BCUT2D eigenvalue weighted by Crippen LogP contribution is 2.34. The molecule has 1 aromatic carbocycles. The van der Waals surface area contributed by atoms with Crippen LogP contribution in [0.25, 0.3) is 6.08 Å². The summed E-state index contributed by atoms with van der Waals surface area (Å²) in [6.45, 7) is 0.338. The molecule has 0 aliphatic carbocycles. The van der Waals surface area contributed by atoms with E-state index in [1.807, 2.05) is 12.1 Å². The molecule has 2 aliphatic rings. The van der Waals surface area contributed by atoms with E-state index in [0.717, 1.165) is 35.9 Å². The number of amides is 3. The van der Waals surface area contributed by atoms with E-state index >= 15 is 0 Å². The van der Waals surface area contributed by atoms with Gasteiger partial charge in [0.05, 0.1) is 12.0 Å². The predicted octanol–water partition coefficient (Wildman–Crippen LogP) is 2.50. The number of hydrogen-bond acceptors (Lipinski definition) is 6. The molecule has 0 aromatic heterocycles. The van der Waals surface area contributed by atoms with Gasteiger partial charge in [0.25, 0.3) is 11.1 Å². The zero-order valence-corrected chi connectivity index (χ0v) is 16.6. The Labute approximate surface area is 168 Å². The van der Waals surface area contributed by atoms with Crippen molar-refractivity contribution in [2.24, 2.45) is 0 Å². The van der Waals surface area contributed by atoms with Crippen LogP contribution in [0.15, 0.2) is 29.2 Å². The number of piperidine rings is 1. The number of carbonyl (C=O) groups is 3. The van der Waals surface area contributed by atoms with Crippen molar-refractivity contribution in [3.8, 4) is 5.75 Å². The maximum atomic E-state index is 12.7. The Morgan fingerprint density at radius 1 is 1.32 bits per heavy atom. The SMILES string of the molecule is COc1ccccc1/C=C1/SC(=O)N(CC(=O)N2CCCC[C@H]2CCO)C1=O. The van der Waals surface area contributed by atoms with Gasteiger partial charge in [-0.3, -0.25) is 19.3 Å². The van der Waals surface area contributed by atoms with Crippen LogP contribution in [0, 0.1) is 0 Å². The Balaban J connectivity index is 1.73. The van der Waals surface area contributed by atoms with Crippen molar-refractivity contribution in [1.82, 2.24) is 9.80 Å². The third kappa shape index (κ3) is 4.39. The van der Waals surface area contributed by atoms with Gasteiger partial charge >= 0.3 is 0 Å². The van der Waals surface area contributed by atoms with Crippen LogP contribution >= 0.6 is 11.8 Å². The summed E-state index contributed by atoms with van der Waals surface area (Å²) in [7, 11) is 1.54. The second-order valence-corrected chi connectivity index (χ2v) is 7.75. The summed E-state index contributed by atoms with van der Waals surface area (Å²) in [5.74, 6) is -0.116. The topological polar surface area (TPSA) is 87.2 Å². The van der Waals surface area contributed by atoms with Gasteiger partial charge in [0.1, 0.15) is 12.3 Å². The van der Waals surface area contributed by atoms with Gasteiger partial charge in [-0.2, -0.15) is 0 Å². The molecule has 0 bridgehead atoms. The van der Waals surface area contributed by atoms with Crippen LogP contribution in [0.2, 0.25) is 0 Å². The van der Waals surface area contributed by atoms with Crippen LogP contribution in [0.1, 0.15) is 31.2 Å². The Morgan fingerprint density at radius 3 is 2.86 bits per heavy atom. The minimum atomic E-state index is -0.468. The van der Waals surface area contributed by atoms with Crippen LogP contribution in [0.5, 0.6) is 5.75 Å². The number of rotatable bonds is 6. The summed E-state index contributed by atoms with van der Waals surface area (Å²) in [5, 5.41) is 8.78. The number of para-hydroxylation sites is 1. The molecule has 0 unspecified atom stereocenters. The molecule has 1 atom stereocenters. The lowest BCUT2D eigenvalue weighted by Gasteiger charge is -2.36. The highest BCUT2D eigenvalue weighted by atomic mass is 32.2. The molecule has 28 heavy (non-hydrogen) atoms. The van der Waals surface area contributed by atoms with Gasteiger partial charge in [-0.05, 0) is 49.6 Å². The van der Waals surface area contributed by atoms with Crippen LogP contribution in [0.3, 0.4) is 0 Å². The summed E-state index contributed by atoms with van der Waals surface area (Å²) in [4.78, 5) is 40.8. The first-order valence-electron chi connectivity index (χ1n) is 9.34. The summed E-state index contributed by atoms with van der Waals surface area (Å²) >= 11 is 0.828. The molecular weight excluding hydrogens is 380 g/mol. The molecule has 2 aliphatic heterocycles. The van der Waals surface area contributed by atoms with Gasteiger partial charge < -0.3 is 14.7 Å². The van der Waals surface area contributed by atoms with E-state index in [1.54, 1.807) is 30.2 Å². The van der Waals surface area contributed by atoms with Crippen molar-refractivity contribution >= 4 is 34.9 Å². The predicted molar refractivity (Wildman–Crippen MR) is 107 cm³/mol. The minimum Gasteiger partial charge on any atom is -0.496 e. The number of nitrogens with zero attached hydrogens (tertiary/aromatic N) is 2. The smallest absolute Gasteiger partial charge is 0.294 e. The summed E-state index contributed by atoms with van der Waals surface area (Å²) in [6, 6.07) is 7.18. The molecule has 3 amide bonds. The average Bonchev–Trinajstić information content (AvgIpc) is 2.96. The van der Waals surface area contributed by atoms with Gasteiger partial charge in [-0.25, -0.2) is 0 Å². The third-order valence-electron chi connectivity index (χ3n) is 5.00. The van der Waals surface area contributed by atoms with Crippen molar-refractivity contribution < 1.29 is 24.2 Å². The number of hydrogen-bond donors (Lipinski definition) is 1. The lowest BCUT2D eigenvalue weighted by atomic mass is 9.99. The van der Waals surface area contributed by atoms with E-state index in [4.69, 9.17) is 4.74 Å². The number of aliphatic hydroxyl groups is 1. The largest absolute Gasteiger partial charge is 0.496 e. The number of likely N-dealkylation sites (tertiary alicyclic amines) is 1. The number of benzene rings is 1. The molecule has 2 saturated heterocycles. The standard InChI is InChI=1S/C20H24N2O5S/c1-27-16-8-3-2-6-14(16)12-17-19(25)22(20(26)28-17)13-18(24)21-10-5-4-7-15(21)9-11-23/h2-3,6,8,12,15,23H,4-5,7,9-11,13H2,1H3/b17-12+/t15-/m0/s1. The van der Waals surface area contributed by atoms with E-state index in [1.165, 1.54) is 0 Å². The fourth-order valence-electron chi connectivity index (χ4n) is 3.57. The average molecular weight is 404 g/mol. The molecule has 1 N–H and O–H groups in total. The van der Waals surface area contributed by atoms with E-state index in [2.05, 4.69) is 0 Å². The van der Waals surface area contributed by atoms with Crippen LogP contribution in [-0.2, 0) is 9.59 Å². The van der Waals surface area contributed by atoms with Crippen molar-refractivity contribution in [3.05, 3.63) is 34.7 Å². The molecule has 3 rings (SSSR count). The Bertz CT molecular complexity index is 793. The van der Waals surface area contributed by atoms with Crippen LogP contribution in [-0.4, -0.2) is 64.8 Å². The van der Waals surface area contributed by atoms with Gasteiger partial charge in [-0.15, -0.1) is 0 Å². The fourth-order valence-corrected chi connectivity index (χ4v) is 4.40. The van der Waals surface area contributed by atoms with E-state index in [9.17, 15) is 19.5 Å². The Morgan fingerprint density at radius 2 is 2.11 bits per heavy atom. The number of ether oxygens (including phenoxy) is 1. The van der Waals surface area contributed by atoms with Crippen LogP contribution < -0.4 is 4.74 Å². The molecule has 7 nitrogen and oxygen atoms in total. The number of aliphatic hydroxyl groups excluding tert-OH is 1. The van der Waals surface area contributed by atoms with Crippen molar-refractivity contribution in [2.45, 2.75) is 31.7 Å². The van der Waals surface area contributed by atoms with Gasteiger partial charge in [0, 0.05) is 24.8 Å². The normalized spacial score (nSPS) is 21.5. The van der Waals surface area contributed by atoms with Crippen molar-refractivity contribution in [1.29, 1.82) is 0 Å². The molecule has 150 valence electrons. The summed E-state index contributed by atoms with van der Waals surface area (Å²) in [5.41, 5.74) is 0.695. The molecule has 2 heterocycles. The first kappa shape index (κ1) is 20.4. The molecule has 8 heteroatoms. The maximum Gasteiger partial charge on any atom is 0.294 e. The van der Waals surface area contributed by atoms with Crippen molar-refractivity contribution in [2.75, 3.05) is 26.8 Å². The van der Waals surface area contributed by atoms with Gasteiger partial charge in [-0.1, -0.05) is 18.2 Å². The minimum absolute atomic E-state index is 0.0116. The molecular formula is C20H24N2O5S. The van der Waals surface area contributed by atoms with Gasteiger partial charge in [0.2, 0.25) is 5.91 Å². The van der Waals surface area contributed by atoms with Crippen molar-refractivity contribution in [3.63, 3.8) is 0 Å². The quantitative estimate of drug-likeness (QED) is 0.733. The first-order chi connectivity index (χ1) is 13.5. The second kappa shape index (κ2) is 9.25. The molecule has 0 radical (unpaired) electrons. The molecule has 1 aromatic rings. The number of thioether (sulfide) groups is 1. The summed E-state index contributed by atoms with van der Waals surface area (Å²) < 4.78 is 5.28.